The molecule has 2 heterocycles. The fourth-order valence-electron chi connectivity index (χ4n) is 2.61. The molecule has 0 spiro atoms. The average Bonchev–Trinajstić information content (AvgIpc) is 3.45. The van der Waals surface area contributed by atoms with Crippen LogP contribution in [0.5, 0.6) is 5.88 Å². The van der Waals surface area contributed by atoms with E-state index in [1.54, 1.807) is 59.7 Å². The number of carbonyl (C=O) groups excluding carboxylic acids is 3. The van der Waals surface area contributed by atoms with E-state index >= 15 is 0 Å². The molecule has 2 aromatic heterocycles. The third kappa shape index (κ3) is 7.35. The Morgan fingerprint density at radius 1 is 0.919 bits per heavy atom. The van der Waals surface area contributed by atoms with Crippen LogP contribution < -0.4 is 4.74 Å². The second-order valence-electron chi connectivity index (χ2n) is 9.98. The van der Waals surface area contributed by atoms with E-state index in [1.807, 2.05) is 0 Å². The van der Waals surface area contributed by atoms with Crippen molar-refractivity contribution < 1.29 is 37.7 Å². The lowest BCUT2D eigenvalue weighted by Crippen LogP contribution is -2.25. The zero-order chi connectivity index (χ0) is 27.4. The number of thiazole rings is 1. The first-order chi connectivity index (χ1) is 17.3. The predicted molar refractivity (Wildman–Crippen MR) is 132 cm³/mol. The van der Waals surface area contributed by atoms with Crippen molar-refractivity contribution in [3.05, 3.63) is 47.2 Å². The lowest BCUT2D eigenvalue weighted by molar-refractivity contribution is -0.162. The third-order valence-corrected chi connectivity index (χ3v) is 5.52. The van der Waals surface area contributed by atoms with Gasteiger partial charge in [0, 0.05) is 17.0 Å². The topological polar surface area (TPSA) is 119 Å². The van der Waals surface area contributed by atoms with E-state index < -0.39 is 41.3 Å². The van der Waals surface area contributed by atoms with Crippen LogP contribution in [0.25, 0.3) is 16.4 Å². The van der Waals surface area contributed by atoms with Crippen LogP contribution in [0.4, 0.5) is 4.39 Å². The summed E-state index contributed by atoms with van der Waals surface area (Å²) in [6.07, 6.45) is 0. The summed E-state index contributed by atoms with van der Waals surface area (Å²) in [5, 5.41) is 6.17. The van der Waals surface area contributed by atoms with Crippen molar-refractivity contribution in [2.75, 3.05) is 13.6 Å². The molecule has 0 bridgehead atoms. The molecule has 0 amide bonds. The van der Waals surface area contributed by atoms with Crippen LogP contribution in [0, 0.1) is 16.6 Å². The number of hydrogen-bond donors (Lipinski definition) is 0. The SMILES string of the molecule is CC(C)(C)C(=O)OCOC(=O)c1csc(-n2nc(-c3ccc(F)cc3)cc2OCOC(=O)C(C)(C)C)n1. The van der Waals surface area contributed by atoms with E-state index in [0.29, 0.717) is 11.3 Å². The molecule has 0 saturated heterocycles. The summed E-state index contributed by atoms with van der Waals surface area (Å²) in [5.74, 6) is -1.99. The molecule has 37 heavy (non-hydrogen) atoms. The van der Waals surface area contributed by atoms with Crippen LogP contribution in [0.2, 0.25) is 0 Å². The number of halogens is 1. The van der Waals surface area contributed by atoms with Crippen molar-refractivity contribution in [3.8, 4) is 22.3 Å². The first kappa shape index (κ1) is 27.8. The summed E-state index contributed by atoms with van der Waals surface area (Å²) in [4.78, 5) is 40.5. The van der Waals surface area contributed by atoms with Crippen LogP contribution in [0.15, 0.2) is 35.7 Å². The normalized spacial score (nSPS) is 11.6. The highest BCUT2D eigenvalue weighted by Crippen LogP contribution is 2.28. The van der Waals surface area contributed by atoms with Crippen molar-refractivity contribution in [2.24, 2.45) is 10.8 Å². The monoisotopic (exact) mass is 533 g/mol. The Kier molecular flexibility index (Phi) is 8.32. The number of nitrogens with zero attached hydrogens (tertiary/aromatic N) is 3. The van der Waals surface area contributed by atoms with Crippen molar-refractivity contribution in [1.82, 2.24) is 14.8 Å². The Bertz CT molecular complexity index is 1270. The van der Waals surface area contributed by atoms with Gasteiger partial charge in [-0.2, -0.15) is 9.78 Å². The Morgan fingerprint density at radius 3 is 2.11 bits per heavy atom. The maximum absolute atomic E-state index is 13.4. The number of hydrogen-bond acceptors (Lipinski definition) is 10. The Hall–Kier alpha value is -3.80. The van der Waals surface area contributed by atoms with E-state index in [4.69, 9.17) is 18.9 Å². The van der Waals surface area contributed by atoms with E-state index in [-0.39, 0.29) is 23.5 Å². The first-order valence-corrected chi connectivity index (χ1v) is 12.1. The number of esters is 3. The second kappa shape index (κ2) is 11.1. The minimum atomic E-state index is -0.795. The van der Waals surface area contributed by atoms with Gasteiger partial charge >= 0.3 is 17.9 Å². The molecule has 0 unspecified atom stereocenters. The maximum Gasteiger partial charge on any atom is 0.360 e. The number of rotatable bonds is 8. The third-order valence-electron chi connectivity index (χ3n) is 4.70. The van der Waals surface area contributed by atoms with Gasteiger partial charge in [-0.1, -0.05) is 0 Å². The van der Waals surface area contributed by atoms with Crippen LogP contribution in [0.3, 0.4) is 0 Å². The van der Waals surface area contributed by atoms with Gasteiger partial charge in [-0.05, 0) is 65.8 Å². The number of carbonyl (C=O) groups is 3. The second-order valence-corrected chi connectivity index (χ2v) is 10.8. The minimum Gasteiger partial charge on any atom is -0.440 e. The van der Waals surface area contributed by atoms with Crippen molar-refractivity contribution in [3.63, 3.8) is 0 Å². The molecule has 0 atom stereocenters. The van der Waals surface area contributed by atoms with Gasteiger partial charge in [0.05, 0.1) is 16.5 Å². The molecule has 198 valence electrons. The fraction of sp³-hybridized carbons (Fsp3) is 0.400. The summed E-state index contributed by atoms with van der Waals surface area (Å²) in [5.41, 5.74) is -0.440. The molecule has 0 saturated carbocycles. The Labute approximate surface area is 217 Å². The largest absolute Gasteiger partial charge is 0.440 e. The number of aromatic nitrogens is 3. The van der Waals surface area contributed by atoms with Crippen molar-refractivity contribution in [1.29, 1.82) is 0 Å². The summed E-state index contributed by atoms with van der Waals surface area (Å²) in [6, 6.07) is 7.27. The highest BCUT2D eigenvalue weighted by atomic mass is 32.1. The average molecular weight is 534 g/mol. The zero-order valence-electron chi connectivity index (χ0n) is 21.4. The highest BCUT2D eigenvalue weighted by molar-refractivity contribution is 7.12. The zero-order valence-corrected chi connectivity index (χ0v) is 22.2. The molecule has 0 fully saturated rings. The van der Waals surface area contributed by atoms with E-state index in [0.717, 1.165) is 11.3 Å². The van der Waals surface area contributed by atoms with Crippen molar-refractivity contribution in [2.45, 2.75) is 41.5 Å². The first-order valence-electron chi connectivity index (χ1n) is 11.2. The van der Waals surface area contributed by atoms with Crippen LogP contribution in [0.1, 0.15) is 52.0 Å². The quantitative estimate of drug-likeness (QED) is 0.298. The molecule has 1 aromatic carbocycles. The molecule has 0 aliphatic rings. The van der Waals surface area contributed by atoms with Crippen LogP contribution >= 0.6 is 11.3 Å². The molecular formula is C25H28FN3O7S. The van der Waals surface area contributed by atoms with Gasteiger partial charge in [-0.3, -0.25) is 9.59 Å². The van der Waals surface area contributed by atoms with Gasteiger partial charge in [-0.25, -0.2) is 14.2 Å². The van der Waals surface area contributed by atoms with Gasteiger partial charge in [0.1, 0.15) is 5.82 Å². The molecule has 0 aliphatic carbocycles. The molecule has 0 N–H and O–H groups in total. The molecule has 0 aliphatic heterocycles. The summed E-state index contributed by atoms with van der Waals surface area (Å²) in [6.45, 7) is 9.24. The van der Waals surface area contributed by atoms with Gasteiger partial charge in [-0.15, -0.1) is 11.3 Å². The predicted octanol–water partition coefficient (Wildman–Crippen LogP) is 4.76. The molecule has 3 rings (SSSR count). The van der Waals surface area contributed by atoms with Crippen molar-refractivity contribution >= 4 is 29.2 Å². The lowest BCUT2D eigenvalue weighted by Gasteiger charge is -2.16. The lowest BCUT2D eigenvalue weighted by atomic mass is 9.97. The van der Waals surface area contributed by atoms with Gasteiger partial charge in [0.15, 0.2) is 5.69 Å². The van der Waals surface area contributed by atoms with E-state index in [9.17, 15) is 18.8 Å². The highest BCUT2D eigenvalue weighted by Gasteiger charge is 2.25. The minimum absolute atomic E-state index is 0.0317. The van der Waals surface area contributed by atoms with Gasteiger partial charge in [0.25, 0.3) is 0 Å². The molecular weight excluding hydrogens is 505 g/mol. The fourth-order valence-corrected chi connectivity index (χ4v) is 3.36. The van der Waals surface area contributed by atoms with Gasteiger partial charge in [0.2, 0.25) is 24.6 Å². The number of ether oxygens (including phenoxy) is 4. The van der Waals surface area contributed by atoms with Crippen LogP contribution in [-0.4, -0.2) is 46.3 Å². The molecule has 10 nitrogen and oxygen atoms in total. The molecule has 12 heteroatoms. The Balaban J connectivity index is 1.79. The summed E-state index contributed by atoms with van der Waals surface area (Å²) < 4.78 is 35.5. The molecule has 3 aromatic rings. The van der Waals surface area contributed by atoms with E-state index in [2.05, 4.69) is 10.1 Å². The molecule has 0 radical (unpaired) electrons. The van der Waals surface area contributed by atoms with E-state index in [1.165, 1.54) is 22.2 Å². The standard InChI is InChI=1S/C25H28FN3O7S/c1-24(2,3)21(31)35-13-33-19-11-17(15-7-9-16(26)10-8-15)28-29(19)23-27-18(12-37-23)20(30)34-14-36-22(32)25(4,5)6/h7-12H,13-14H2,1-6H3. The number of benzene rings is 1. The Morgan fingerprint density at radius 2 is 1.51 bits per heavy atom. The smallest absolute Gasteiger partial charge is 0.360 e. The van der Waals surface area contributed by atoms with Gasteiger partial charge < -0.3 is 18.9 Å². The summed E-state index contributed by atoms with van der Waals surface area (Å²) in [7, 11) is 0. The van der Waals surface area contributed by atoms with Crippen LogP contribution in [-0.2, 0) is 23.8 Å². The summed E-state index contributed by atoms with van der Waals surface area (Å²) >= 11 is 1.08. The maximum atomic E-state index is 13.4.